The summed E-state index contributed by atoms with van der Waals surface area (Å²) >= 11 is 0. The van der Waals surface area contributed by atoms with E-state index in [0.717, 1.165) is 17.2 Å². The van der Waals surface area contributed by atoms with E-state index in [1.54, 1.807) is 0 Å². The van der Waals surface area contributed by atoms with E-state index in [2.05, 4.69) is 10.6 Å². The average Bonchev–Trinajstić information content (AvgIpc) is 2.47. The molecule has 120 valence electrons. The van der Waals surface area contributed by atoms with Gasteiger partial charge in [-0.1, -0.05) is 36.4 Å². The predicted octanol–water partition coefficient (Wildman–Crippen LogP) is 0.587. The molecule has 1 aromatic carbocycles. The third-order valence-electron chi connectivity index (χ3n) is 2.37. The Kier molecular flexibility index (Phi) is 7.11. The number of hydrogen-bond acceptors (Lipinski definition) is 5. The smallest absolute Gasteiger partial charge is 0.407 e. The molecule has 1 aromatic rings. The summed E-state index contributed by atoms with van der Waals surface area (Å²) in [4.78, 5) is 22.8. The van der Waals surface area contributed by atoms with Crippen molar-refractivity contribution in [1.82, 2.24) is 10.6 Å². The molecule has 8 heteroatoms. The van der Waals surface area contributed by atoms with Gasteiger partial charge in [0.2, 0.25) is 5.91 Å². The highest BCUT2D eigenvalue weighted by Crippen LogP contribution is 2.00. The maximum atomic E-state index is 11.4. The van der Waals surface area contributed by atoms with Gasteiger partial charge in [0, 0.05) is 18.2 Å². The molecule has 1 rings (SSSR count). The van der Waals surface area contributed by atoms with Crippen molar-refractivity contribution < 1.29 is 22.7 Å². The highest BCUT2D eigenvalue weighted by molar-refractivity contribution is 7.93. The lowest BCUT2D eigenvalue weighted by Crippen LogP contribution is -2.37. The van der Waals surface area contributed by atoms with Gasteiger partial charge in [-0.15, -0.1) is 0 Å². The second-order valence-electron chi connectivity index (χ2n) is 4.42. The summed E-state index contributed by atoms with van der Waals surface area (Å²) in [5.41, 5.74) is 0.841. The molecule has 0 radical (unpaired) electrons. The Bertz CT molecular complexity index is 626. The highest BCUT2D eigenvalue weighted by Gasteiger charge is 2.05. The summed E-state index contributed by atoms with van der Waals surface area (Å²) in [6.07, 6.45) is 1.65. The number of carbonyl (C=O) groups excluding carboxylic acids is 2. The van der Waals surface area contributed by atoms with Gasteiger partial charge in [-0.3, -0.25) is 4.79 Å². The summed E-state index contributed by atoms with van der Waals surface area (Å²) in [5, 5.41) is 5.71. The van der Waals surface area contributed by atoms with E-state index in [9.17, 15) is 18.0 Å². The van der Waals surface area contributed by atoms with Crippen LogP contribution in [0.1, 0.15) is 5.56 Å². The lowest BCUT2D eigenvalue weighted by molar-refractivity contribution is -0.120. The topological polar surface area (TPSA) is 102 Å². The van der Waals surface area contributed by atoms with Crippen LogP contribution in [0.25, 0.3) is 0 Å². The number of hydrogen-bond donors (Lipinski definition) is 2. The van der Waals surface area contributed by atoms with Crippen LogP contribution in [0.15, 0.2) is 41.8 Å². The van der Waals surface area contributed by atoms with E-state index in [1.807, 2.05) is 30.3 Å². The molecule has 0 atom stereocenters. The van der Waals surface area contributed by atoms with Crippen molar-refractivity contribution in [3.05, 3.63) is 47.4 Å². The minimum absolute atomic E-state index is 0.0621. The summed E-state index contributed by atoms with van der Waals surface area (Å²) in [6.45, 7) is -0.0711. The van der Waals surface area contributed by atoms with Crippen LogP contribution in [0, 0.1) is 0 Å². The summed E-state index contributed by atoms with van der Waals surface area (Å²) in [5.74, 6) is -0.449. The van der Waals surface area contributed by atoms with Crippen molar-refractivity contribution in [2.45, 2.75) is 6.61 Å². The fourth-order valence-electron chi connectivity index (χ4n) is 1.38. The minimum Gasteiger partial charge on any atom is -0.445 e. The summed E-state index contributed by atoms with van der Waals surface area (Å²) < 4.78 is 26.5. The monoisotopic (exact) mass is 326 g/mol. The molecule has 0 spiro atoms. The highest BCUT2D eigenvalue weighted by atomic mass is 32.2. The molecular formula is C14H18N2O5S. The molecule has 0 aliphatic heterocycles. The van der Waals surface area contributed by atoms with Gasteiger partial charge in [0.05, 0.1) is 0 Å². The molecule has 2 amide bonds. The van der Waals surface area contributed by atoms with Gasteiger partial charge in [-0.05, 0) is 5.56 Å². The second kappa shape index (κ2) is 8.83. The van der Waals surface area contributed by atoms with Gasteiger partial charge < -0.3 is 15.4 Å². The largest absolute Gasteiger partial charge is 0.445 e. The Morgan fingerprint density at radius 2 is 1.86 bits per heavy atom. The number of alkyl carbamates (subject to hydrolysis) is 1. The molecule has 0 aliphatic carbocycles. The maximum Gasteiger partial charge on any atom is 0.407 e. The molecular weight excluding hydrogens is 308 g/mol. The molecule has 2 N–H and O–H groups in total. The Morgan fingerprint density at radius 1 is 1.18 bits per heavy atom. The van der Waals surface area contributed by atoms with Crippen molar-refractivity contribution in [3.8, 4) is 0 Å². The molecule has 0 aliphatic rings. The number of nitrogens with one attached hydrogen (secondary N) is 2. The van der Waals surface area contributed by atoms with Gasteiger partial charge in [-0.25, -0.2) is 13.2 Å². The van der Waals surface area contributed by atoms with Crippen LogP contribution in [0.2, 0.25) is 0 Å². The van der Waals surface area contributed by atoms with Gasteiger partial charge in [0.25, 0.3) is 0 Å². The van der Waals surface area contributed by atoms with E-state index in [0.29, 0.717) is 0 Å². The van der Waals surface area contributed by atoms with Crippen LogP contribution in [0.5, 0.6) is 0 Å². The van der Waals surface area contributed by atoms with Gasteiger partial charge in [0.1, 0.15) is 13.2 Å². The Morgan fingerprint density at radius 3 is 2.50 bits per heavy atom. The fourth-order valence-corrected chi connectivity index (χ4v) is 1.83. The van der Waals surface area contributed by atoms with Crippen molar-refractivity contribution >= 4 is 21.8 Å². The van der Waals surface area contributed by atoms with Crippen LogP contribution in [0.4, 0.5) is 4.79 Å². The van der Waals surface area contributed by atoms with Crippen LogP contribution in [-0.4, -0.2) is 39.8 Å². The Hall–Kier alpha value is -2.35. The van der Waals surface area contributed by atoms with Gasteiger partial charge >= 0.3 is 6.09 Å². The van der Waals surface area contributed by atoms with Crippen molar-refractivity contribution in [3.63, 3.8) is 0 Å². The van der Waals surface area contributed by atoms with E-state index in [1.165, 1.54) is 6.08 Å². The summed E-state index contributed by atoms with van der Waals surface area (Å²) in [7, 11) is -3.20. The first-order valence-corrected chi connectivity index (χ1v) is 8.40. The number of benzene rings is 1. The summed E-state index contributed by atoms with van der Waals surface area (Å²) in [6, 6.07) is 9.14. The van der Waals surface area contributed by atoms with Gasteiger partial charge in [-0.2, -0.15) is 0 Å². The zero-order valence-electron chi connectivity index (χ0n) is 12.1. The van der Waals surface area contributed by atoms with E-state index < -0.39 is 21.8 Å². The van der Waals surface area contributed by atoms with Crippen LogP contribution in [0.3, 0.4) is 0 Å². The molecule has 0 unspecified atom stereocenters. The Balaban J connectivity index is 2.18. The first-order valence-electron chi connectivity index (χ1n) is 6.44. The number of amides is 2. The average molecular weight is 326 g/mol. The molecule has 0 saturated carbocycles. The van der Waals surface area contributed by atoms with Crippen molar-refractivity contribution in [1.29, 1.82) is 0 Å². The van der Waals surface area contributed by atoms with Crippen LogP contribution in [-0.2, 0) is 26.0 Å². The molecule has 0 fully saturated rings. The third-order valence-corrected chi connectivity index (χ3v) is 3.05. The fraction of sp³-hybridized carbons (Fsp3) is 0.286. The van der Waals surface area contributed by atoms with Crippen LogP contribution >= 0.6 is 0 Å². The van der Waals surface area contributed by atoms with E-state index in [-0.39, 0.29) is 19.7 Å². The van der Waals surface area contributed by atoms with E-state index in [4.69, 9.17) is 4.74 Å². The minimum atomic E-state index is -3.20. The van der Waals surface area contributed by atoms with E-state index >= 15 is 0 Å². The molecule has 7 nitrogen and oxygen atoms in total. The van der Waals surface area contributed by atoms with Crippen molar-refractivity contribution in [2.24, 2.45) is 0 Å². The van der Waals surface area contributed by atoms with Crippen molar-refractivity contribution in [2.75, 3.05) is 19.3 Å². The molecule has 0 saturated heterocycles. The normalized spacial score (nSPS) is 11.1. The molecule has 0 bridgehead atoms. The van der Waals surface area contributed by atoms with Gasteiger partial charge in [0.15, 0.2) is 9.84 Å². The molecule has 0 heterocycles. The number of ether oxygens (including phenoxy) is 1. The standard InChI is InChI=1S/C14H18N2O5S/c1-22(19,20)9-5-8-15-13(17)10-16-14(18)21-11-12-6-3-2-4-7-12/h2-7,9H,8,10-11H2,1H3,(H,15,17)(H,16,18)/b9-5+. The first kappa shape index (κ1) is 17.7. The number of carbonyl (C=O) groups is 2. The zero-order valence-corrected chi connectivity index (χ0v) is 12.9. The Labute approximate surface area is 129 Å². The number of rotatable bonds is 7. The number of sulfone groups is 1. The molecule has 0 aromatic heterocycles. The first-order chi connectivity index (χ1) is 10.4. The predicted molar refractivity (Wildman–Crippen MR) is 81.6 cm³/mol. The molecule has 22 heavy (non-hydrogen) atoms. The SMILES string of the molecule is CS(=O)(=O)/C=C/CNC(=O)CNC(=O)OCc1ccccc1. The lowest BCUT2D eigenvalue weighted by Gasteiger charge is -2.07. The van der Waals surface area contributed by atoms with Crippen LogP contribution < -0.4 is 10.6 Å². The maximum absolute atomic E-state index is 11.4. The zero-order chi connectivity index (χ0) is 16.4. The second-order valence-corrected chi connectivity index (χ2v) is 6.35. The third kappa shape index (κ3) is 8.75. The quantitative estimate of drug-likeness (QED) is 0.763. The lowest BCUT2D eigenvalue weighted by atomic mass is 10.2.